The molecule has 0 radical (unpaired) electrons. The van der Waals surface area contributed by atoms with Crippen molar-refractivity contribution in [1.29, 1.82) is 0 Å². The van der Waals surface area contributed by atoms with Gasteiger partial charge in [0.05, 0.1) is 5.71 Å². The largest absolute Gasteiger partial charge is 0.379 e. The highest BCUT2D eigenvalue weighted by Crippen LogP contribution is 2.30. The van der Waals surface area contributed by atoms with Crippen LogP contribution in [0.25, 0.3) is 0 Å². The van der Waals surface area contributed by atoms with E-state index in [0.717, 1.165) is 25.9 Å². The third-order valence-electron chi connectivity index (χ3n) is 3.89. The molecule has 3 rings (SSSR count). The van der Waals surface area contributed by atoms with Gasteiger partial charge in [0.1, 0.15) is 5.82 Å². The number of amides is 1. The van der Waals surface area contributed by atoms with Crippen LogP contribution in [0.1, 0.15) is 31.7 Å². The molecule has 0 unspecified atom stereocenters. The van der Waals surface area contributed by atoms with Crippen molar-refractivity contribution in [2.75, 3.05) is 13.1 Å². The maximum Gasteiger partial charge on any atom is 0.269 e. The molecule has 2 aliphatic rings. The van der Waals surface area contributed by atoms with Gasteiger partial charge < -0.3 is 9.74 Å². The number of halogens is 1. The zero-order valence-corrected chi connectivity index (χ0v) is 11.4. The second-order valence-electron chi connectivity index (χ2n) is 5.52. The first-order valence-corrected chi connectivity index (χ1v) is 6.89. The number of likely N-dealkylation sites (tertiary alicyclic amines) is 1. The number of oxime groups is 1. The predicted octanol–water partition coefficient (Wildman–Crippen LogP) is 2.33. The lowest BCUT2D eigenvalue weighted by Crippen LogP contribution is -2.46. The normalized spacial score (nSPS) is 25.5. The molecule has 20 heavy (non-hydrogen) atoms. The highest BCUT2D eigenvalue weighted by atomic mass is 19.1. The van der Waals surface area contributed by atoms with E-state index in [9.17, 15) is 9.18 Å². The molecule has 0 N–H and O–H groups in total. The van der Waals surface area contributed by atoms with Gasteiger partial charge in [-0.2, -0.15) is 0 Å². The third kappa shape index (κ3) is 2.17. The molecule has 1 aromatic carbocycles. The summed E-state index contributed by atoms with van der Waals surface area (Å²) in [6.07, 6.45) is 2.37. The number of hydrogen-bond donors (Lipinski definition) is 0. The smallest absolute Gasteiger partial charge is 0.269 e. The molecule has 0 bridgehead atoms. The van der Waals surface area contributed by atoms with Gasteiger partial charge in [-0.25, -0.2) is 4.39 Å². The standard InChI is InChI=1S/C15H17FN2O2/c1-15(14(19)18-8-4-5-9-18)10-13(17-20-15)11-6-2-3-7-12(11)16/h2-3,6-7H,4-5,8-10H2,1H3/t15-/m1/s1. The molecule has 2 heterocycles. The van der Waals surface area contributed by atoms with Gasteiger partial charge in [-0.05, 0) is 25.8 Å². The summed E-state index contributed by atoms with van der Waals surface area (Å²) in [5, 5.41) is 3.94. The van der Waals surface area contributed by atoms with Crippen LogP contribution >= 0.6 is 0 Å². The van der Waals surface area contributed by atoms with Crippen molar-refractivity contribution in [3.05, 3.63) is 35.6 Å². The monoisotopic (exact) mass is 276 g/mol. The van der Waals surface area contributed by atoms with Gasteiger partial charge in [-0.15, -0.1) is 0 Å². The van der Waals surface area contributed by atoms with Crippen LogP contribution < -0.4 is 0 Å². The molecule has 4 nitrogen and oxygen atoms in total. The summed E-state index contributed by atoms with van der Waals surface area (Å²) in [5.74, 6) is -0.391. The molecule has 1 fully saturated rings. The lowest BCUT2D eigenvalue weighted by Gasteiger charge is -2.26. The Balaban J connectivity index is 1.77. The lowest BCUT2D eigenvalue weighted by molar-refractivity contribution is -0.152. The maximum atomic E-state index is 13.8. The van der Waals surface area contributed by atoms with Crippen molar-refractivity contribution in [2.24, 2.45) is 5.16 Å². The van der Waals surface area contributed by atoms with E-state index in [1.807, 2.05) is 0 Å². The van der Waals surface area contributed by atoms with Crippen molar-refractivity contribution in [3.8, 4) is 0 Å². The molecule has 0 saturated carbocycles. The van der Waals surface area contributed by atoms with Crippen molar-refractivity contribution in [2.45, 2.75) is 31.8 Å². The van der Waals surface area contributed by atoms with Crippen molar-refractivity contribution < 1.29 is 14.0 Å². The first kappa shape index (κ1) is 13.1. The number of carbonyl (C=O) groups excluding carboxylic acids is 1. The number of nitrogens with zero attached hydrogens (tertiary/aromatic N) is 2. The zero-order chi connectivity index (χ0) is 14.2. The highest BCUT2D eigenvalue weighted by molar-refractivity contribution is 6.05. The summed E-state index contributed by atoms with van der Waals surface area (Å²) < 4.78 is 13.8. The minimum Gasteiger partial charge on any atom is -0.379 e. The van der Waals surface area contributed by atoms with E-state index in [0.29, 0.717) is 17.7 Å². The molecule has 106 valence electrons. The molecule has 1 atom stereocenters. The fraction of sp³-hybridized carbons (Fsp3) is 0.467. The van der Waals surface area contributed by atoms with E-state index in [4.69, 9.17) is 4.84 Å². The van der Waals surface area contributed by atoms with Crippen LogP contribution in [-0.4, -0.2) is 35.2 Å². The van der Waals surface area contributed by atoms with E-state index in [1.165, 1.54) is 6.07 Å². The molecular formula is C15H17FN2O2. The topological polar surface area (TPSA) is 41.9 Å². The minimum absolute atomic E-state index is 0.0508. The molecule has 0 spiro atoms. The molecule has 0 aliphatic carbocycles. The fourth-order valence-electron chi connectivity index (χ4n) is 2.75. The van der Waals surface area contributed by atoms with Gasteiger partial charge in [-0.1, -0.05) is 23.4 Å². The Morgan fingerprint density at radius 1 is 1.35 bits per heavy atom. The molecule has 2 aliphatic heterocycles. The van der Waals surface area contributed by atoms with Crippen LogP contribution in [0.2, 0.25) is 0 Å². The molecule has 1 aromatic rings. The number of rotatable bonds is 2. The van der Waals surface area contributed by atoms with E-state index in [-0.39, 0.29) is 11.7 Å². The Morgan fingerprint density at radius 2 is 2.05 bits per heavy atom. The van der Waals surface area contributed by atoms with E-state index in [1.54, 1.807) is 30.0 Å². The van der Waals surface area contributed by atoms with Crippen LogP contribution in [0.5, 0.6) is 0 Å². The Bertz CT molecular complexity index is 567. The van der Waals surface area contributed by atoms with Gasteiger partial charge in [0.15, 0.2) is 0 Å². The van der Waals surface area contributed by atoms with Crippen LogP contribution in [0.4, 0.5) is 4.39 Å². The maximum absolute atomic E-state index is 13.8. The lowest BCUT2D eigenvalue weighted by atomic mass is 9.94. The Labute approximate surface area is 117 Å². The van der Waals surface area contributed by atoms with Crippen LogP contribution in [-0.2, 0) is 9.63 Å². The van der Waals surface area contributed by atoms with E-state index < -0.39 is 5.60 Å². The van der Waals surface area contributed by atoms with Crippen LogP contribution in [0, 0.1) is 5.82 Å². The van der Waals surface area contributed by atoms with Crippen molar-refractivity contribution in [3.63, 3.8) is 0 Å². The van der Waals surface area contributed by atoms with E-state index in [2.05, 4.69) is 5.16 Å². The minimum atomic E-state index is -0.998. The van der Waals surface area contributed by atoms with Gasteiger partial charge in [0, 0.05) is 25.1 Å². The first-order chi connectivity index (χ1) is 9.60. The van der Waals surface area contributed by atoms with Crippen molar-refractivity contribution >= 4 is 11.6 Å². The quantitative estimate of drug-likeness (QED) is 0.832. The van der Waals surface area contributed by atoms with Crippen molar-refractivity contribution in [1.82, 2.24) is 4.90 Å². The Morgan fingerprint density at radius 3 is 2.75 bits per heavy atom. The second-order valence-corrected chi connectivity index (χ2v) is 5.52. The summed E-state index contributed by atoms with van der Waals surface area (Å²) in [6.45, 7) is 3.27. The zero-order valence-electron chi connectivity index (χ0n) is 11.4. The summed E-state index contributed by atoms with van der Waals surface area (Å²) in [5.41, 5.74) is -0.0920. The molecule has 5 heteroatoms. The predicted molar refractivity (Wildman–Crippen MR) is 72.9 cm³/mol. The Hall–Kier alpha value is -1.91. The van der Waals surface area contributed by atoms with Gasteiger partial charge in [0.25, 0.3) is 5.91 Å². The Kier molecular flexibility index (Phi) is 3.20. The van der Waals surface area contributed by atoms with E-state index >= 15 is 0 Å². The van der Waals surface area contributed by atoms with Gasteiger partial charge in [-0.3, -0.25) is 4.79 Å². The summed E-state index contributed by atoms with van der Waals surface area (Å²) in [6, 6.07) is 6.42. The summed E-state index contributed by atoms with van der Waals surface area (Å²) in [7, 11) is 0. The fourth-order valence-corrected chi connectivity index (χ4v) is 2.75. The second kappa shape index (κ2) is 4.89. The first-order valence-electron chi connectivity index (χ1n) is 6.89. The molecule has 0 aromatic heterocycles. The number of carbonyl (C=O) groups is 1. The summed E-state index contributed by atoms with van der Waals surface area (Å²) in [4.78, 5) is 19.6. The molecule has 1 amide bonds. The SMILES string of the molecule is C[C@]1(C(=O)N2CCCC2)CC(c2ccccc2F)=NO1. The third-order valence-corrected chi connectivity index (χ3v) is 3.89. The highest BCUT2D eigenvalue weighted by Gasteiger charge is 2.45. The average molecular weight is 276 g/mol. The van der Waals surface area contributed by atoms with Gasteiger partial charge >= 0.3 is 0 Å². The molecular weight excluding hydrogens is 259 g/mol. The van der Waals surface area contributed by atoms with Crippen LogP contribution in [0.15, 0.2) is 29.4 Å². The molecule has 1 saturated heterocycles. The number of benzene rings is 1. The summed E-state index contributed by atoms with van der Waals surface area (Å²) >= 11 is 0. The number of hydrogen-bond acceptors (Lipinski definition) is 3. The average Bonchev–Trinajstić information content (AvgIpc) is 3.09. The van der Waals surface area contributed by atoms with Crippen LogP contribution in [0.3, 0.4) is 0 Å². The van der Waals surface area contributed by atoms with Gasteiger partial charge in [0.2, 0.25) is 5.60 Å².